The maximum absolute atomic E-state index is 4.77. The van der Waals surface area contributed by atoms with Gasteiger partial charge in [0.05, 0.1) is 0 Å². The Kier molecular flexibility index (Phi) is 3.19. The van der Waals surface area contributed by atoms with Crippen molar-refractivity contribution in [2.45, 2.75) is 0 Å². The number of pyridine rings is 1. The summed E-state index contributed by atoms with van der Waals surface area (Å²) in [5, 5.41) is 1.34. The van der Waals surface area contributed by atoms with Crippen molar-refractivity contribution >= 4 is 24.1 Å². The average molecular weight is 334 g/mol. The summed E-state index contributed by atoms with van der Waals surface area (Å²) in [6.45, 7) is 0. The second kappa shape index (κ2) is 5.32. The van der Waals surface area contributed by atoms with Crippen LogP contribution in [-0.2, 0) is 0 Å². The van der Waals surface area contributed by atoms with E-state index in [1.807, 2.05) is 12.3 Å². The molecule has 2 aromatic carbocycles. The molecule has 0 fully saturated rings. The Morgan fingerprint density at radius 1 is 0.714 bits per heavy atom. The van der Waals surface area contributed by atoms with Crippen LogP contribution in [0.3, 0.4) is 0 Å². The standard InChI is InChI=1S/C19H13NSe/c1-3-7-14(8-4-1)18-16-11-12-21-17(16)13-20-19(18)15-9-5-2-6-10-15/h1-13H. The van der Waals surface area contributed by atoms with E-state index in [9.17, 15) is 0 Å². The summed E-state index contributed by atoms with van der Waals surface area (Å²) in [6.07, 6.45) is 2.05. The van der Waals surface area contributed by atoms with Crippen LogP contribution in [0.4, 0.5) is 0 Å². The molecule has 0 aliphatic carbocycles. The van der Waals surface area contributed by atoms with E-state index in [0.717, 1.165) is 5.69 Å². The Balaban J connectivity index is 2.08. The zero-order chi connectivity index (χ0) is 14.1. The fraction of sp³-hybridized carbons (Fsp3) is 0. The van der Waals surface area contributed by atoms with Crippen LogP contribution in [0.2, 0.25) is 0 Å². The second-order valence-corrected chi connectivity index (χ2v) is 6.90. The van der Waals surface area contributed by atoms with Crippen LogP contribution in [0.5, 0.6) is 0 Å². The zero-order valence-corrected chi connectivity index (χ0v) is 13.1. The predicted molar refractivity (Wildman–Crippen MR) is 89.6 cm³/mol. The quantitative estimate of drug-likeness (QED) is 0.487. The van der Waals surface area contributed by atoms with Crippen molar-refractivity contribution in [2.24, 2.45) is 0 Å². The Morgan fingerprint density at radius 2 is 1.38 bits per heavy atom. The van der Waals surface area contributed by atoms with Gasteiger partial charge in [-0.25, -0.2) is 0 Å². The van der Waals surface area contributed by atoms with E-state index in [1.54, 1.807) is 0 Å². The molecule has 0 spiro atoms. The molecule has 2 aromatic heterocycles. The van der Waals surface area contributed by atoms with Crippen LogP contribution in [0.1, 0.15) is 0 Å². The summed E-state index contributed by atoms with van der Waals surface area (Å²) in [4.78, 5) is 7.05. The van der Waals surface area contributed by atoms with E-state index < -0.39 is 0 Å². The Morgan fingerprint density at radius 3 is 2.10 bits per heavy atom. The van der Waals surface area contributed by atoms with Crippen LogP contribution in [0.15, 0.2) is 77.9 Å². The maximum atomic E-state index is 4.77. The minimum atomic E-state index is 0.418. The van der Waals surface area contributed by atoms with Crippen molar-refractivity contribution in [3.63, 3.8) is 0 Å². The third-order valence-corrected chi connectivity index (χ3v) is 5.41. The van der Waals surface area contributed by atoms with Gasteiger partial charge in [0.25, 0.3) is 0 Å². The number of benzene rings is 2. The molecule has 0 N–H and O–H groups in total. The fourth-order valence-corrected chi connectivity index (χ4v) is 4.25. The Labute approximate surface area is 129 Å². The summed E-state index contributed by atoms with van der Waals surface area (Å²) in [6, 6.07) is 23.3. The van der Waals surface area contributed by atoms with Crippen molar-refractivity contribution in [3.05, 3.63) is 77.9 Å². The van der Waals surface area contributed by atoms with E-state index in [-0.39, 0.29) is 0 Å². The van der Waals surface area contributed by atoms with Gasteiger partial charge in [-0.15, -0.1) is 0 Å². The minimum absolute atomic E-state index is 0.418. The van der Waals surface area contributed by atoms with E-state index in [4.69, 9.17) is 4.98 Å². The van der Waals surface area contributed by atoms with Gasteiger partial charge in [0.1, 0.15) is 0 Å². The molecule has 21 heavy (non-hydrogen) atoms. The van der Waals surface area contributed by atoms with Crippen molar-refractivity contribution in [1.82, 2.24) is 4.98 Å². The third-order valence-electron chi connectivity index (χ3n) is 3.62. The molecule has 100 valence electrons. The summed E-state index contributed by atoms with van der Waals surface area (Å²) < 4.78 is 1.38. The number of nitrogens with zero attached hydrogens (tertiary/aromatic N) is 1. The molecule has 4 aromatic rings. The first kappa shape index (κ1) is 12.6. The molecule has 2 heterocycles. The van der Waals surface area contributed by atoms with Crippen LogP contribution >= 0.6 is 0 Å². The predicted octanol–water partition coefficient (Wildman–Crippen LogP) is 4.63. The molecule has 0 aliphatic rings. The SMILES string of the molecule is c1ccc(-c2ncc3[se]ccc3c2-c2ccccc2)cc1. The topological polar surface area (TPSA) is 12.9 Å². The third kappa shape index (κ3) is 2.23. The Bertz CT molecular complexity index is 879. The summed E-state index contributed by atoms with van der Waals surface area (Å²) >= 11 is 0.418. The summed E-state index contributed by atoms with van der Waals surface area (Å²) in [5.41, 5.74) is 4.74. The van der Waals surface area contributed by atoms with Crippen molar-refractivity contribution in [3.8, 4) is 22.4 Å². The average Bonchev–Trinajstić information content (AvgIpc) is 3.04. The molecule has 0 unspecified atom stereocenters. The molecule has 0 radical (unpaired) electrons. The molecule has 2 heteroatoms. The van der Waals surface area contributed by atoms with Gasteiger partial charge >= 0.3 is 129 Å². The van der Waals surface area contributed by atoms with Gasteiger partial charge in [-0.1, -0.05) is 0 Å². The fourth-order valence-electron chi connectivity index (χ4n) is 2.65. The summed E-state index contributed by atoms with van der Waals surface area (Å²) in [7, 11) is 0. The van der Waals surface area contributed by atoms with Gasteiger partial charge in [-0.2, -0.15) is 0 Å². The van der Waals surface area contributed by atoms with Gasteiger partial charge in [0, 0.05) is 0 Å². The molecular weight excluding hydrogens is 321 g/mol. The monoisotopic (exact) mass is 335 g/mol. The van der Waals surface area contributed by atoms with Gasteiger partial charge in [-0.05, 0) is 0 Å². The number of hydrogen-bond acceptors (Lipinski definition) is 1. The van der Waals surface area contributed by atoms with Crippen LogP contribution < -0.4 is 0 Å². The number of hydrogen-bond donors (Lipinski definition) is 0. The normalized spacial score (nSPS) is 10.9. The van der Waals surface area contributed by atoms with Crippen LogP contribution in [0.25, 0.3) is 32.0 Å². The number of rotatable bonds is 2. The van der Waals surface area contributed by atoms with E-state index in [0.29, 0.717) is 14.5 Å². The first-order chi connectivity index (χ1) is 10.4. The van der Waals surface area contributed by atoms with E-state index in [2.05, 4.69) is 65.6 Å². The van der Waals surface area contributed by atoms with E-state index >= 15 is 0 Å². The van der Waals surface area contributed by atoms with Gasteiger partial charge < -0.3 is 0 Å². The van der Waals surface area contributed by atoms with Crippen molar-refractivity contribution in [2.75, 3.05) is 0 Å². The van der Waals surface area contributed by atoms with Crippen LogP contribution in [0, 0.1) is 0 Å². The van der Waals surface area contributed by atoms with Crippen molar-refractivity contribution < 1.29 is 0 Å². The molecule has 0 aliphatic heterocycles. The molecule has 0 saturated heterocycles. The van der Waals surface area contributed by atoms with Gasteiger partial charge in [0.15, 0.2) is 0 Å². The molecule has 0 bridgehead atoms. The van der Waals surface area contributed by atoms with Gasteiger partial charge in [0.2, 0.25) is 0 Å². The second-order valence-electron chi connectivity index (χ2n) is 4.91. The molecule has 1 nitrogen and oxygen atoms in total. The molecule has 0 saturated carbocycles. The molecule has 0 atom stereocenters. The molecule has 0 amide bonds. The van der Waals surface area contributed by atoms with E-state index in [1.165, 1.54) is 26.3 Å². The molecule has 4 rings (SSSR count). The number of fused-ring (bicyclic) bond motifs is 1. The summed E-state index contributed by atoms with van der Waals surface area (Å²) in [5.74, 6) is 0. The van der Waals surface area contributed by atoms with Gasteiger partial charge in [-0.3, -0.25) is 0 Å². The van der Waals surface area contributed by atoms with Crippen LogP contribution in [-0.4, -0.2) is 19.5 Å². The Hall–Kier alpha value is -2.15. The number of aromatic nitrogens is 1. The zero-order valence-electron chi connectivity index (χ0n) is 11.4. The van der Waals surface area contributed by atoms with Crippen molar-refractivity contribution in [1.29, 1.82) is 0 Å². The first-order valence-electron chi connectivity index (χ1n) is 6.90. The first-order valence-corrected chi connectivity index (χ1v) is 8.75. The molecular formula is C19H13NSe.